The number of hydrogen-bond acceptors (Lipinski definition) is 4. The number of benzene rings is 1. The molecule has 20 heavy (non-hydrogen) atoms. The van der Waals surface area contributed by atoms with E-state index in [4.69, 9.17) is 10.5 Å². The van der Waals surface area contributed by atoms with E-state index in [1.807, 2.05) is 32.0 Å². The van der Waals surface area contributed by atoms with Crippen LogP contribution in [0, 0.1) is 6.92 Å². The lowest BCUT2D eigenvalue weighted by molar-refractivity contribution is -0.114. The SMILES string of the molecule is CCOc1ccc(-c2nc(N)[nH]c2C)cc1NC(C)=O. The second kappa shape index (κ2) is 5.64. The van der Waals surface area contributed by atoms with Gasteiger partial charge in [-0.15, -0.1) is 0 Å². The minimum atomic E-state index is -0.152. The number of hydrogen-bond donors (Lipinski definition) is 3. The van der Waals surface area contributed by atoms with Crippen molar-refractivity contribution in [3.63, 3.8) is 0 Å². The van der Waals surface area contributed by atoms with Gasteiger partial charge in [-0.05, 0) is 32.0 Å². The van der Waals surface area contributed by atoms with E-state index >= 15 is 0 Å². The largest absolute Gasteiger partial charge is 0.492 e. The van der Waals surface area contributed by atoms with Gasteiger partial charge in [0.15, 0.2) is 5.95 Å². The molecule has 0 aliphatic carbocycles. The summed E-state index contributed by atoms with van der Waals surface area (Å²) in [5.74, 6) is 0.849. The molecule has 2 aromatic rings. The minimum Gasteiger partial charge on any atom is -0.492 e. The van der Waals surface area contributed by atoms with E-state index in [9.17, 15) is 4.79 Å². The zero-order valence-corrected chi connectivity index (χ0v) is 11.8. The summed E-state index contributed by atoms with van der Waals surface area (Å²) in [6.45, 7) is 5.78. The highest BCUT2D eigenvalue weighted by Gasteiger charge is 2.12. The molecule has 2 rings (SSSR count). The van der Waals surface area contributed by atoms with E-state index in [1.165, 1.54) is 6.92 Å². The summed E-state index contributed by atoms with van der Waals surface area (Å²) in [6, 6.07) is 5.53. The summed E-state index contributed by atoms with van der Waals surface area (Å²) in [6.07, 6.45) is 0. The lowest BCUT2D eigenvalue weighted by atomic mass is 10.1. The van der Waals surface area contributed by atoms with Gasteiger partial charge in [0.1, 0.15) is 5.75 Å². The van der Waals surface area contributed by atoms with Gasteiger partial charge in [0.2, 0.25) is 5.91 Å². The van der Waals surface area contributed by atoms with Crippen LogP contribution in [0.3, 0.4) is 0 Å². The molecular weight excluding hydrogens is 256 g/mol. The third kappa shape index (κ3) is 2.90. The standard InChI is InChI=1S/C14H18N4O2/c1-4-20-12-6-5-10(7-11(12)17-9(3)19)13-8(2)16-14(15)18-13/h5-7H,4H2,1-3H3,(H,17,19)(H3,15,16,18). The molecule has 0 unspecified atom stereocenters. The van der Waals surface area contributed by atoms with Crippen molar-refractivity contribution in [2.24, 2.45) is 0 Å². The number of aromatic nitrogens is 2. The molecule has 0 atom stereocenters. The van der Waals surface area contributed by atoms with Crippen molar-refractivity contribution >= 4 is 17.5 Å². The fourth-order valence-electron chi connectivity index (χ4n) is 2.01. The Morgan fingerprint density at radius 2 is 2.25 bits per heavy atom. The highest BCUT2D eigenvalue weighted by Crippen LogP contribution is 2.31. The van der Waals surface area contributed by atoms with Gasteiger partial charge in [0.05, 0.1) is 18.0 Å². The molecule has 6 heteroatoms. The van der Waals surface area contributed by atoms with Gasteiger partial charge in [0, 0.05) is 18.2 Å². The summed E-state index contributed by atoms with van der Waals surface area (Å²) in [4.78, 5) is 18.5. The summed E-state index contributed by atoms with van der Waals surface area (Å²) >= 11 is 0. The first-order valence-electron chi connectivity index (χ1n) is 6.38. The van der Waals surface area contributed by atoms with Crippen molar-refractivity contribution in [3.05, 3.63) is 23.9 Å². The number of aryl methyl sites for hydroxylation is 1. The quantitative estimate of drug-likeness (QED) is 0.797. The topological polar surface area (TPSA) is 93.0 Å². The fraction of sp³-hybridized carbons (Fsp3) is 0.286. The van der Waals surface area contributed by atoms with Gasteiger partial charge in [-0.1, -0.05) is 0 Å². The first kappa shape index (κ1) is 13.9. The number of anilines is 2. The Morgan fingerprint density at radius 1 is 1.50 bits per heavy atom. The van der Waals surface area contributed by atoms with Crippen LogP contribution in [0.5, 0.6) is 5.75 Å². The zero-order valence-electron chi connectivity index (χ0n) is 11.8. The number of nitrogens with zero attached hydrogens (tertiary/aromatic N) is 1. The van der Waals surface area contributed by atoms with Crippen LogP contribution < -0.4 is 15.8 Å². The highest BCUT2D eigenvalue weighted by atomic mass is 16.5. The lowest BCUT2D eigenvalue weighted by Crippen LogP contribution is -2.08. The third-order valence-electron chi connectivity index (χ3n) is 2.77. The Hall–Kier alpha value is -2.50. The van der Waals surface area contributed by atoms with E-state index in [2.05, 4.69) is 15.3 Å². The van der Waals surface area contributed by atoms with Crippen LogP contribution in [-0.4, -0.2) is 22.5 Å². The summed E-state index contributed by atoms with van der Waals surface area (Å²) < 4.78 is 5.50. The Morgan fingerprint density at radius 3 is 2.80 bits per heavy atom. The monoisotopic (exact) mass is 274 g/mol. The smallest absolute Gasteiger partial charge is 0.221 e. The predicted octanol–water partition coefficient (Wildman–Crippen LogP) is 2.32. The third-order valence-corrected chi connectivity index (χ3v) is 2.77. The molecule has 0 radical (unpaired) electrons. The maximum atomic E-state index is 11.3. The first-order chi connectivity index (χ1) is 9.51. The molecule has 4 N–H and O–H groups in total. The van der Waals surface area contributed by atoms with Crippen LogP contribution >= 0.6 is 0 Å². The van der Waals surface area contributed by atoms with Gasteiger partial charge in [-0.2, -0.15) is 0 Å². The summed E-state index contributed by atoms with van der Waals surface area (Å²) in [5, 5.41) is 2.76. The van der Waals surface area contributed by atoms with Crippen molar-refractivity contribution in [2.75, 3.05) is 17.7 Å². The number of carbonyl (C=O) groups is 1. The molecule has 0 saturated heterocycles. The fourth-order valence-corrected chi connectivity index (χ4v) is 2.01. The maximum Gasteiger partial charge on any atom is 0.221 e. The van der Waals surface area contributed by atoms with Crippen molar-refractivity contribution in [2.45, 2.75) is 20.8 Å². The van der Waals surface area contributed by atoms with Crippen molar-refractivity contribution < 1.29 is 9.53 Å². The number of amides is 1. The Kier molecular flexibility index (Phi) is 3.93. The summed E-state index contributed by atoms with van der Waals surface area (Å²) in [7, 11) is 0. The Balaban J connectivity index is 2.45. The first-order valence-corrected chi connectivity index (χ1v) is 6.38. The number of rotatable bonds is 4. The van der Waals surface area contributed by atoms with Crippen LogP contribution in [0.4, 0.5) is 11.6 Å². The number of aromatic amines is 1. The lowest BCUT2D eigenvalue weighted by Gasteiger charge is -2.12. The second-order valence-electron chi connectivity index (χ2n) is 4.42. The van der Waals surface area contributed by atoms with Crippen molar-refractivity contribution in [3.8, 4) is 17.0 Å². The molecule has 0 spiro atoms. The van der Waals surface area contributed by atoms with E-state index in [0.717, 1.165) is 17.0 Å². The molecule has 0 fully saturated rings. The number of imidazole rings is 1. The Bertz CT molecular complexity index is 634. The molecule has 0 aliphatic heterocycles. The number of carbonyl (C=O) groups excluding carboxylic acids is 1. The minimum absolute atomic E-state index is 0.152. The zero-order chi connectivity index (χ0) is 14.7. The van der Waals surface area contributed by atoms with Gasteiger partial charge in [-0.25, -0.2) is 4.98 Å². The van der Waals surface area contributed by atoms with Crippen molar-refractivity contribution in [1.29, 1.82) is 0 Å². The molecule has 1 heterocycles. The van der Waals surface area contributed by atoms with Gasteiger partial charge < -0.3 is 20.8 Å². The molecular formula is C14H18N4O2. The van der Waals surface area contributed by atoms with E-state index in [0.29, 0.717) is 24.0 Å². The van der Waals surface area contributed by atoms with Gasteiger partial charge in [-0.3, -0.25) is 4.79 Å². The van der Waals surface area contributed by atoms with Gasteiger partial charge >= 0.3 is 0 Å². The molecule has 1 amide bonds. The van der Waals surface area contributed by atoms with Crippen LogP contribution in [0.2, 0.25) is 0 Å². The average Bonchev–Trinajstić information content (AvgIpc) is 2.70. The number of H-pyrrole nitrogens is 1. The maximum absolute atomic E-state index is 11.3. The van der Waals surface area contributed by atoms with E-state index in [1.54, 1.807) is 0 Å². The molecule has 0 aliphatic rings. The number of nitrogens with one attached hydrogen (secondary N) is 2. The van der Waals surface area contributed by atoms with E-state index < -0.39 is 0 Å². The van der Waals surface area contributed by atoms with E-state index in [-0.39, 0.29) is 5.91 Å². The molecule has 1 aromatic heterocycles. The second-order valence-corrected chi connectivity index (χ2v) is 4.42. The average molecular weight is 274 g/mol. The molecule has 6 nitrogen and oxygen atoms in total. The molecule has 106 valence electrons. The van der Waals surface area contributed by atoms with Crippen LogP contribution in [0.1, 0.15) is 19.5 Å². The number of nitrogens with two attached hydrogens (primary N) is 1. The van der Waals surface area contributed by atoms with Crippen molar-refractivity contribution in [1.82, 2.24) is 9.97 Å². The van der Waals surface area contributed by atoms with Crippen LogP contribution in [0.15, 0.2) is 18.2 Å². The normalized spacial score (nSPS) is 10.3. The van der Waals surface area contributed by atoms with Crippen LogP contribution in [-0.2, 0) is 4.79 Å². The summed E-state index contributed by atoms with van der Waals surface area (Å²) in [5.41, 5.74) is 8.78. The Labute approximate surface area is 117 Å². The molecule has 0 saturated carbocycles. The molecule has 0 bridgehead atoms. The molecule has 1 aromatic carbocycles. The number of nitrogen functional groups attached to an aromatic ring is 1. The highest BCUT2D eigenvalue weighted by molar-refractivity contribution is 5.91. The van der Waals surface area contributed by atoms with Gasteiger partial charge in [0.25, 0.3) is 0 Å². The number of ether oxygens (including phenoxy) is 1. The predicted molar refractivity (Wildman–Crippen MR) is 78.6 cm³/mol. The van der Waals surface area contributed by atoms with Crippen LogP contribution in [0.25, 0.3) is 11.3 Å².